The van der Waals surface area contributed by atoms with E-state index in [4.69, 9.17) is 5.11 Å². The van der Waals surface area contributed by atoms with Crippen LogP contribution in [-0.4, -0.2) is 72.6 Å². The van der Waals surface area contributed by atoms with Crippen molar-refractivity contribution in [3.63, 3.8) is 0 Å². The van der Waals surface area contributed by atoms with Crippen LogP contribution in [0.25, 0.3) is 0 Å². The number of aliphatic hydroxyl groups is 1. The highest BCUT2D eigenvalue weighted by Gasteiger charge is 2.23. The predicted molar refractivity (Wildman–Crippen MR) is 75.1 cm³/mol. The Kier molecular flexibility index (Phi) is 5.79. The molecule has 2 rings (SSSR count). The van der Waals surface area contributed by atoms with Crippen LogP contribution in [-0.2, 0) is 9.59 Å². The van der Waals surface area contributed by atoms with Crippen molar-refractivity contribution in [3.05, 3.63) is 0 Å². The molecule has 2 N–H and O–H groups in total. The van der Waals surface area contributed by atoms with Crippen LogP contribution in [0, 0.1) is 5.92 Å². The first-order valence-corrected chi connectivity index (χ1v) is 7.56. The highest BCUT2D eigenvalue weighted by atomic mass is 16.3. The third kappa shape index (κ3) is 4.45. The maximum atomic E-state index is 11.8. The van der Waals surface area contributed by atoms with E-state index >= 15 is 0 Å². The van der Waals surface area contributed by atoms with E-state index in [2.05, 4.69) is 10.2 Å². The summed E-state index contributed by atoms with van der Waals surface area (Å²) in [5.41, 5.74) is 0. The number of hydrogen-bond donors (Lipinski definition) is 2. The summed E-state index contributed by atoms with van der Waals surface area (Å²) in [6, 6.07) is 0. The maximum absolute atomic E-state index is 11.8. The second-order valence-electron chi connectivity index (χ2n) is 5.73. The zero-order valence-corrected chi connectivity index (χ0v) is 12.0. The predicted octanol–water partition coefficient (Wildman–Crippen LogP) is -0.571. The van der Waals surface area contributed by atoms with Crippen molar-refractivity contribution in [2.75, 3.05) is 45.9 Å². The molecule has 6 nitrogen and oxygen atoms in total. The minimum absolute atomic E-state index is 0.0435. The number of likely N-dealkylation sites (tertiary alicyclic amines) is 2. The minimum Gasteiger partial charge on any atom is -0.395 e. The lowest BCUT2D eigenvalue weighted by molar-refractivity contribution is -0.133. The minimum atomic E-state index is -0.0435. The van der Waals surface area contributed by atoms with Gasteiger partial charge in [-0.05, 0) is 38.3 Å². The van der Waals surface area contributed by atoms with Crippen molar-refractivity contribution in [1.29, 1.82) is 0 Å². The van der Waals surface area contributed by atoms with Gasteiger partial charge in [-0.15, -0.1) is 0 Å². The number of carbonyl (C=O) groups excluding carboxylic acids is 2. The second kappa shape index (κ2) is 7.59. The average Bonchev–Trinajstić information content (AvgIpc) is 2.84. The van der Waals surface area contributed by atoms with Crippen molar-refractivity contribution in [3.8, 4) is 0 Å². The molecule has 0 radical (unpaired) electrons. The van der Waals surface area contributed by atoms with Crippen LogP contribution in [0.15, 0.2) is 0 Å². The molecule has 2 aliphatic heterocycles. The Morgan fingerprint density at radius 3 is 2.65 bits per heavy atom. The van der Waals surface area contributed by atoms with Crippen LogP contribution >= 0.6 is 0 Å². The van der Waals surface area contributed by atoms with E-state index in [1.807, 2.05) is 0 Å². The Morgan fingerprint density at radius 2 is 2.05 bits per heavy atom. The van der Waals surface area contributed by atoms with Gasteiger partial charge in [0.1, 0.15) is 0 Å². The van der Waals surface area contributed by atoms with E-state index in [1.165, 1.54) is 0 Å². The number of aliphatic hydroxyl groups excluding tert-OH is 1. The molecular formula is C14H25N3O3. The quantitative estimate of drug-likeness (QED) is 0.685. The topological polar surface area (TPSA) is 72.9 Å². The summed E-state index contributed by atoms with van der Waals surface area (Å²) in [4.78, 5) is 27.1. The second-order valence-corrected chi connectivity index (χ2v) is 5.73. The Bertz CT molecular complexity index is 341. The number of β-amino-alcohol motifs (C(OH)–C–C–N with tert-alkyl or cyclic N) is 1. The average molecular weight is 283 g/mol. The normalized spacial score (nSPS) is 21.4. The van der Waals surface area contributed by atoms with Gasteiger partial charge in [0.15, 0.2) is 0 Å². The Morgan fingerprint density at radius 1 is 1.30 bits per heavy atom. The first-order chi connectivity index (χ1) is 9.69. The van der Waals surface area contributed by atoms with Gasteiger partial charge in [0, 0.05) is 26.1 Å². The molecule has 0 aromatic carbocycles. The highest BCUT2D eigenvalue weighted by molar-refractivity contribution is 5.85. The molecule has 0 aromatic rings. The van der Waals surface area contributed by atoms with Crippen molar-refractivity contribution < 1.29 is 14.7 Å². The number of piperidine rings is 1. The van der Waals surface area contributed by atoms with Gasteiger partial charge < -0.3 is 20.2 Å². The fraction of sp³-hybridized carbons (Fsp3) is 0.857. The van der Waals surface area contributed by atoms with Gasteiger partial charge in [-0.2, -0.15) is 0 Å². The van der Waals surface area contributed by atoms with Gasteiger partial charge in [-0.3, -0.25) is 9.59 Å². The molecular weight excluding hydrogens is 258 g/mol. The van der Waals surface area contributed by atoms with Crippen LogP contribution in [0.1, 0.15) is 25.7 Å². The molecule has 2 fully saturated rings. The highest BCUT2D eigenvalue weighted by Crippen LogP contribution is 2.16. The first-order valence-electron chi connectivity index (χ1n) is 7.56. The third-order valence-electron chi connectivity index (χ3n) is 4.22. The molecule has 2 aliphatic rings. The fourth-order valence-corrected chi connectivity index (χ4v) is 2.91. The Hall–Kier alpha value is -1.14. The first kappa shape index (κ1) is 15.3. The van der Waals surface area contributed by atoms with Crippen molar-refractivity contribution in [2.24, 2.45) is 5.92 Å². The number of hydrogen-bond acceptors (Lipinski definition) is 4. The van der Waals surface area contributed by atoms with Gasteiger partial charge in [-0.25, -0.2) is 0 Å². The summed E-state index contributed by atoms with van der Waals surface area (Å²) in [5, 5.41) is 11.8. The Labute approximate surface area is 120 Å². The molecule has 20 heavy (non-hydrogen) atoms. The SMILES string of the molecule is O=C(CN1CCCC1=O)NCC1CCN(CCO)CC1. The van der Waals surface area contributed by atoms with Gasteiger partial charge in [0.25, 0.3) is 0 Å². The molecule has 0 aromatic heterocycles. The molecule has 0 aliphatic carbocycles. The van der Waals surface area contributed by atoms with Gasteiger partial charge >= 0.3 is 0 Å². The van der Waals surface area contributed by atoms with Crippen molar-refractivity contribution in [2.45, 2.75) is 25.7 Å². The summed E-state index contributed by atoms with van der Waals surface area (Å²) in [5.74, 6) is 0.568. The zero-order valence-electron chi connectivity index (χ0n) is 12.0. The zero-order chi connectivity index (χ0) is 14.4. The molecule has 0 spiro atoms. The van der Waals surface area contributed by atoms with Gasteiger partial charge in [-0.1, -0.05) is 0 Å². The summed E-state index contributed by atoms with van der Waals surface area (Å²) in [7, 11) is 0. The van der Waals surface area contributed by atoms with Gasteiger partial charge in [0.05, 0.1) is 13.2 Å². The fourth-order valence-electron chi connectivity index (χ4n) is 2.91. The summed E-state index contributed by atoms with van der Waals surface area (Å²) in [6.07, 6.45) is 3.57. The lowest BCUT2D eigenvalue weighted by atomic mass is 9.97. The van der Waals surface area contributed by atoms with E-state index in [0.29, 0.717) is 25.4 Å². The van der Waals surface area contributed by atoms with Crippen LogP contribution < -0.4 is 5.32 Å². The van der Waals surface area contributed by atoms with Gasteiger partial charge in [0.2, 0.25) is 11.8 Å². The number of nitrogens with zero attached hydrogens (tertiary/aromatic N) is 2. The van der Waals surface area contributed by atoms with E-state index in [-0.39, 0.29) is 25.0 Å². The number of amides is 2. The molecule has 2 saturated heterocycles. The smallest absolute Gasteiger partial charge is 0.239 e. The molecule has 0 atom stereocenters. The maximum Gasteiger partial charge on any atom is 0.239 e. The van der Waals surface area contributed by atoms with E-state index < -0.39 is 0 Å². The molecule has 2 heterocycles. The molecule has 114 valence electrons. The standard InChI is InChI=1S/C14H25N3O3/c18-9-8-16-6-3-12(4-7-16)10-15-13(19)11-17-5-1-2-14(17)20/h12,18H,1-11H2,(H,15,19). The van der Waals surface area contributed by atoms with Crippen LogP contribution in [0.3, 0.4) is 0 Å². The summed E-state index contributed by atoms with van der Waals surface area (Å²) < 4.78 is 0. The van der Waals surface area contributed by atoms with E-state index in [0.717, 1.165) is 38.9 Å². The van der Waals surface area contributed by atoms with Crippen LogP contribution in [0.2, 0.25) is 0 Å². The largest absolute Gasteiger partial charge is 0.395 e. The summed E-state index contributed by atoms with van der Waals surface area (Å²) >= 11 is 0. The number of rotatable bonds is 6. The molecule has 2 amide bonds. The molecule has 6 heteroatoms. The van der Waals surface area contributed by atoms with Crippen molar-refractivity contribution >= 4 is 11.8 Å². The lowest BCUT2D eigenvalue weighted by Gasteiger charge is -2.31. The monoisotopic (exact) mass is 283 g/mol. The lowest BCUT2D eigenvalue weighted by Crippen LogP contribution is -2.42. The summed E-state index contributed by atoms with van der Waals surface area (Å²) in [6.45, 7) is 4.57. The van der Waals surface area contributed by atoms with E-state index in [1.54, 1.807) is 4.90 Å². The van der Waals surface area contributed by atoms with Crippen LogP contribution in [0.4, 0.5) is 0 Å². The molecule has 0 unspecified atom stereocenters. The molecule has 0 saturated carbocycles. The van der Waals surface area contributed by atoms with Crippen LogP contribution in [0.5, 0.6) is 0 Å². The Balaban J connectivity index is 1.61. The van der Waals surface area contributed by atoms with E-state index in [9.17, 15) is 9.59 Å². The number of carbonyl (C=O) groups is 2. The third-order valence-corrected chi connectivity index (χ3v) is 4.22. The molecule has 0 bridgehead atoms. The van der Waals surface area contributed by atoms with Crippen molar-refractivity contribution in [1.82, 2.24) is 15.1 Å². The number of nitrogens with one attached hydrogen (secondary N) is 1.